The molecule has 2 aromatic rings. The first-order chi connectivity index (χ1) is 8.93. The van der Waals surface area contributed by atoms with Gasteiger partial charge >= 0.3 is 0 Å². The first-order valence-corrected chi connectivity index (χ1v) is 6.13. The first-order valence-electron chi connectivity index (χ1n) is 6.13. The van der Waals surface area contributed by atoms with E-state index >= 15 is 0 Å². The Labute approximate surface area is 106 Å². The molecule has 0 saturated heterocycles. The molecule has 0 radical (unpaired) electrons. The third-order valence-corrected chi connectivity index (χ3v) is 3.13. The number of ether oxygens (including phenoxy) is 1. The van der Waals surface area contributed by atoms with Gasteiger partial charge in [-0.25, -0.2) is 9.97 Å². The molecule has 0 aliphatic carbocycles. The molecule has 4 nitrogen and oxygen atoms in total. The quantitative estimate of drug-likeness (QED) is 0.893. The first kappa shape index (κ1) is 11.2. The molecule has 4 heteroatoms. The standard InChI is InChI=1S/C14H15N3O/c1-2-4-14-12(3-1)13(6-8-18-14)16-9-11-5-7-15-10-17-11/h1-5,7,10,13,16H,6,8-9H2. The summed E-state index contributed by atoms with van der Waals surface area (Å²) in [5, 5.41) is 3.52. The summed E-state index contributed by atoms with van der Waals surface area (Å²) < 4.78 is 5.64. The number of hydrogen-bond donors (Lipinski definition) is 1. The molecule has 1 N–H and O–H groups in total. The second-order valence-electron chi connectivity index (χ2n) is 4.31. The SMILES string of the molecule is c1ccc2c(c1)OCCC2NCc1ccncn1. The maximum absolute atomic E-state index is 5.64. The second kappa shape index (κ2) is 5.14. The van der Waals surface area contributed by atoms with E-state index in [0.717, 1.165) is 31.0 Å². The number of aromatic nitrogens is 2. The Morgan fingerprint density at radius 3 is 3.11 bits per heavy atom. The predicted molar refractivity (Wildman–Crippen MR) is 68.2 cm³/mol. The monoisotopic (exact) mass is 241 g/mol. The highest BCUT2D eigenvalue weighted by molar-refractivity contribution is 5.37. The topological polar surface area (TPSA) is 47.0 Å². The molecule has 1 unspecified atom stereocenters. The minimum Gasteiger partial charge on any atom is -0.493 e. The highest BCUT2D eigenvalue weighted by Crippen LogP contribution is 2.31. The highest BCUT2D eigenvalue weighted by Gasteiger charge is 2.20. The molecule has 0 saturated carbocycles. The van der Waals surface area contributed by atoms with Crippen LogP contribution >= 0.6 is 0 Å². The van der Waals surface area contributed by atoms with Crippen molar-refractivity contribution in [3.05, 3.63) is 54.1 Å². The molecule has 0 spiro atoms. The van der Waals surface area contributed by atoms with E-state index in [0.29, 0.717) is 6.04 Å². The average molecular weight is 241 g/mol. The van der Waals surface area contributed by atoms with Crippen molar-refractivity contribution in [1.29, 1.82) is 0 Å². The van der Waals surface area contributed by atoms with Crippen LogP contribution in [-0.2, 0) is 6.54 Å². The van der Waals surface area contributed by atoms with Crippen molar-refractivity contribution in [3.63, 3.8) is 0 Å². The maximum atomic E-state index is 5.64. The lowest BCUT2D eigenvalue weighted by Gasteiger charge is -2.26. The zero-order valence-corrected chi connectivity index (χ0v) is 10.0. The van der Waals surface area contributed by atoms with Crippen molar-refractivity contribution in [3.8, 4) is 5.75 Å². The molecule has 92 valence electrons. The molecule has 0 fully saturated rings. The lowest BCUT2D eigenvalue weighted by molar-refractivity contribution is 0.252. The Morgan fingerprint density at radius 1 is 1.28 bits per heavy atom. The lowest BCUT2D eigenvalue weighted by Crippen LogP contribution is -2.27. The van der Waals surface area contributed by atoms with Crippen LogP contribution in [0.5, 0.6) is 5.75 Å². The Bertz CT molecular complexity index is 515. The van der Waals surface area contributed by atoms with Gasteiger partial charge in [0.25, 0.3) is 0 Å². The fourth-order valence-electron chi connectivity index (χ4n) is 2.20. The van der Waals surface area contributed by atoms with Crippen LogP contribution < -0.4 is 10.1 Å². The Kier molecular flexibility index (Phi) is 3.19. The van der Waals surface area contributed by atoms with Crippen molar-refractivity contribution in [2.24, 2.45) is 0 Å². The van der Waals surface area contributed by atoms with Crippen molar-refractivity contribution in [1.82, 2.24) is 15.3 Å². The van der Waals surface area contributed by atoms with E-state index in [1.165, 1.54) is 5.56 Å². The van der Waals surface area contributed by atoms with Gasteiger partial charge in [-0.2, -0.15) is 0 Å². The van der Waals surface area contributed by atoms with Crippen LogP contribution in [-0.4, -0.2) is 16.6 Å². The summed E-state index contributed by atoms with van der Waals surface area (Å²) in [7, 11) is 0. The van der Waals surface area contributed by atoms with Crippen molar-refractivity contribution < 1.29 is 4.74 Å². The smallest absolute Gasteiger partial charge is 0.124 e. The summed E-state index contributed by atoms with van der Waals surface area (Å²) in [4.78, 5) is 8.13. The van der Waals surface area contributed by atoms with E-state index in [4.69, 9.17) is 4.74 Å². The Hall–Kier alpha value is -1.94. The van der Waals surface area contributed by atoms with Crippen LogP contribution in [0.3, 0.4) is 0 Å². The van der Waals surface area contributed by atoms with Crippen molar-refractivity contribution >= 4 is 0 Å². The molecule has 1 aliphatic rings. The molecule has 0 amide bonds. The van der Waals surface area contributed by atoms with Gasteiger partial charge in [-0.3, -0.25) is 0 Å². The molecule has 2 heterocycles. The van der Waals surface area contributed by atoms with Gasteiger partial charge in [-0.05, 0) is 12.1 Å². The zero-order valence-electron chi connectivity index (χ0n) is 10.0. The number of benzene rings is 1. The molecular formula is C14H15N3O. The van der Waals surface area contributed by atoms with Crippen LogP contribution in [0.2, 0.25) is 0 Å². The van der Waals surface area contributed by atoms with Gasteiger partial charge in [-0.15, -0.1) is 0 Å². The van der Waals surface area contributed by atoms with Gasteiger partial charge in [0, 0.05) is 30.8 Å². The molecule has 1 aromatic heterocycles. The Balaban J connectivity index is 1.71. The van der Waals surface area contributed by atoms with Crippen LogP contribution in [0, 0.1) is 0 Å². The summed E-state index contributed by atoms with van der Waals surface area (Å²) in [6.45, 7) is 1.51. The van der Waals surface area contributed by atoms with Gasteiger partial charge in [0.2, 0.25) is 0 Å². The van der Waals surface area contributed by atoms with E-state index < -0.39 is 0 Å². The van der Waals surface area contributed by atoms with Crippen LogP contribution in [0.25, 0.3) is 0 Å². The number of hydrogen-bond acceptors (Lipinski definition) is 4. The molecule has 18 heavy (non-hydrogen) atoms. The summed E-state index contributed by atoms with van der Waals surface area (Å²) >= 11 is 0. The van der Waals surface area contributed by atoms with Crippen LogP contribution in [0.15, 0.2) is 42.9 Å². The van der Waals surface area contributed by atoms with E-state index in [9.17, 15) is 0 Å². The molecular weight excluding hydrogens is 226 g/mol. The summed E-state index contributed by atoms with van der Waals surface area (Å²) in [5.41, 5.74) is 2.24. The molecule has 3 rings (SSSR count). The number of rotatable bonds is 3. The fraction of sp³-hybridized carbons (Fsp3) is 0.286. The van der Waals surface area contributed by atoms with Crippen molar-refractivity contribution in [2.75, 3.05) is 6.61 Å². The molecule has 1 atom stereocenters. The summed E-state index contributed by atoms with van der Waals surface area (Å²) in [5.74, 6) is 0.990. The molecule has 1 aromatic carbocycles. The number of fused-ring (bicyclic) bond motifs is 1. The van der Waals surface area contributed by atoms with Gasteiger partial charge in [0.05, 0.1) is 12.3 Å². The normalized spacial score (nSPS) is 17.9. The maximum Gasteiger partial charge on any atom is 0.124 e. The van der Waals surface area contributed by atoms with E-state index in [1.807, 2.05) is 24.3 Å². The summed E-state index contributed by atoms with van der Waals surface area (Å²) in [6.07, 6.45) is 4.33. The number of para-hydroxylation sites is 1. The Morgan fingerprint density at radius 2 is 2.22 bits per heavy atom. The molecule has 1 aliphatic heterocycles. The van der Waals surface area contributed by atoms with Gasteiger partial charge < -0.3 is 10.1 Å². The summed E-state index contributed by atoms with van der Waals surface area (Å²) in [6, 6.07) is 10.5. The van der Waals surface area contributed by atoms with E-state index in [2.05, 4.69) is 21.4 Å². The van der Waals surface area contributed by atoms with E-state index in [-0.39, 0.29) is 0 Å². The van der Waals surface area contributed by atoms with Gasteiger partial charge in [0.15, 0.2) is 0 Å². The zero-order chi connectivity index (χ0) is 12.2. The fourth-order valence-corrected chi connectivity index (χ4v) is 2.20. The molecule has 0 bridgehead atoms. The third kappa shape index (κ3) is 2.33. The van der Waals surface area contributed by atoms with Crippen molar-refractivity contribution in [2.45, 2.75) is 19.0 Å². The largest absolute Gasteiger partial charge is 0.493 e. The number of nitrogens with zero attached hydrogens (tertiary/aromatic N) is 2. The average Bonchev–Trinajstić information content (AvgIpc) is 2.46. The third-order valence-electron chi connectivity index (χ3n) is 3.13. The highest BCUT2D eigenvalue weighted by atomic mass is 16.5. The van der Waals surface area contributed by atoms with Crippen LogP contribution in [0.1, 0.15) is 23.7 Å². The minimum atomic E-state index is 0.338. The minimum absolute atomic E-state index is 0.338. The van der Waals surface area contributed by atoms with Gasteiger partial charge in [-0.1, -0.05) is 18.2 Å². The number of nitrogens with one attached hydrogen (secondary N) is 1. The lowest BCUT2D eigenvalue weighted by atomic mass is 10.0. The predicted octanol–water partition coefficient (Wildman–Crippen LogP) is 2.09. The van der Waals surface area contributed by atoms with Gasteiger partial charge in [0.1, 0.15) is 12.1 Å². The second-order valence-corrected chi connectivity index (χ2v) is 4.31. The van der Waals surface area contributed by atoms with E-state index in [1.54, 1.807) is 12.5 Å². The van der Waals surface area contributed by atoms with Crippen LogP contribution in [0.4, 0.5) is 0 Å².